The lowest BCUT2D eigenvalue weighted by molar-refractivity contribution is 1.56. The Morgan fingerprint density at radius 2 is 1.85 bits per heavy atom. The van der Waals surface area contributed by atoms with E-state index in [0.29, 0.717) is 0 Å². The minimum absolute atomic E-state index is 1.21. The van der Waals surface area contributed by atoms with Gasteiger partial charge in [0.25, 0.3) is 0 Å². The van der Waals surface area contributed by atoms with Crippen molar-refractivity contribution in [3.8, 4) is 0 Å². The maximum atomic E-state index is 6.81. The second-order valence-electron chi connectivity index (χ2n) is 2.77. The second-order valence-corrected chi connectivity index (χ2v) is 2.77. The van der Waals surface area contributed by atoms with E-state index in [1.807, 2.05) is 30.4 Å². The number of hydrogen-bond donors (Lipinski definition) is 1. The third kappa shape index (κ3) is 3.08. The average molecular weight is 171 g/mol. The molecule has 0 aliphatic heterocycles. The molecule has 0 aliphatic rings. The minimum atomic E-state index is 1.21. The largest absolute Gasteiger partial charge is 0.309 e. The molecule has 1 nitrogen and oxygen atoms in total. The van der Waals surface area contributed by atoms with E-state index in [4.69, 9.17) is 5.41 Å². The third-order valence-corrected chi connectivity index (χ3v) is 1.78. The van der Waals surface area contributed by atoms with Crippen molar-refractivity contribution in [2.75, 3.05) is 0 Å². The van der Waals surface area contributed by atoms with Crippen LogP contribution in [0.2, 0.25) is 0 Å². The van der Waals surface area contributed by atoms with Crippen molar-refractivity contribution < 1.29 is 0 Å². The summed E-state index contributed by atoms with van der Waals surface area (Å²) in [6.45, 7) is 2.06. The van der Waals surface area contributed by atoms with Crippen molar-refractivity contribution in [1.82, 2.24) is 0 Å². The Morgan fingerprint density at radius 3 is 2.46 bits per heavy atom. The summed E-state index contributed by atoms with van der Waals surface area (Å²) in [5, 5.41) is 6.81. The Labute approximate surface area is 78.9 Å². The molecule has 0 radical (unpaired) electrons. The summed E-state index contributed by atoms with van der Waals surface area (Å²) < 4.78 is 0. The molecule has 0 amide bonds. The number of benzene rings is 1. The number of rotatable bonds is 3. The van der Waals surface area contributed by atoms with Gasteiger partial charge in [0.15, 0.2) is 0 Å². The molecular weight excluding hydrogens is 158 g/mol. The van der Waals surface area contributed by atoms with E-state index in [1.165, 1.54) is 17.4 Å². The van der Waals surface area contributed by atoms with Gasteiger partial charge < -0.3 is 5.41 Å². The number of hydrogen-bond acceptors (Lipinski definition) is 1. The van der Waals surface area contributed by atoms with E-state index < -0.39 is 0 Å². The Kier molecular flexibility index (Phi) is 3.71. The van der Waals surface area contributed by atoms with Crippen LogP contribution in [0, 0.1) is 5.41 Å². The molecule has 0 heterocycles. The van der Waals surface area contributed by atoms with Gasteiger partial charge in [-0.1, -0.05) is 42.5 Å². The summed E-state index contributed by atoms with van der Waals surface area (Å²) in [6.07, 6.45) is 6.84. The maximum absolute atomic E-state index is 6.81. The lowest BCUT2D eigenvalue weighted by Crippen LogP contribution is -1.76. The summed E-state index contributed by atoms with van der Waals surface area (Å²) in [7, 11) is 0. The molecule has 1 aromatic carbocycles. The molecule has 0 aromatic heterocycles. The first-order valence-electron chi connectivity index (χ1n) is 4.24. The second kappa shape index (κ2) is 5.09. The lowest BCUT2D eigenvalue weighted by Gasteiger charge is -1.97. The SMILES string of the molecule is C/C(=C\C=C/C=N)c1ccccc1. The van der Waals surface area contributed by atoms with Crippen LogP contribution in [0.3, 0.4) is 0 Å². The highest BCUT2D eigenvalue weighted by Crippen LogP contribution is 2.12. The lowest BCUT2D eigenvalue weighted by atomic mass is 10.1. The van der Waals surface area contributed by atoms with Crippen LogP contribution in [0.25, 0.3) is 5.57 Å². The fourth-order valence-electron chi connectivity index (χ4n) is 1.05. The first kappa shape index (κ1) is 9.46. The van der Waals surface area contributed by atoms with Gasteiger partial charge in [0.05, 0.1) is 0 Å². The zero-order valence-electron chi connectivity index (χ0n) is 7.70. The monoisotopic (exact) mass is 171 g/mol. The van der Waals surface area contributed by atoms with Crippen molar-refractivity contribution in [2.45, 2.75) is 6.92 Å². The molecular formula is C12H13N. The summed E-state index contributed by atoms with van der Waals surface area (Å²) in [5.74, 6) is 0. The highest BCUT2D eigenvalue weighted by Gasteiger charge is 1.89. The Balaban J connectivity index is 2.79. The predicted molar refractivity (Wildman–Crippen MR) is 58.0 cm³/mol. The fourth-order valence-corrected chi connectivity index (χ4v) is 1.05. The van der Waals surface area contributed by atoms with Gasteiger partial charge in [0.2, 0.25) is 0 Å². The highest BCUT2D eigenvalue weighted by atomic mass is 14.3. The van der Waals surface area contributed by atoms with Gasteiger partial charge in [0, 0.05) is 6.21 Å². The van der Waals surface area contributed by atoms with Gasteiger partial charge in [-0.05, 0) is 24.1 Å². The Morgan fingerprint density at radius 1 is 1.15 bits per heavy atom. The van der Waals surface area contributed by atoms with Crippen molar-refractivity contribution in [1.29, 1.82) is 5.41 Å². The van der Waals surface area contributed by atoms with Crippen LogP contribution in [0.5, 0.6) is 0 Å². The number of nitrogens with one attached hydrogen (secondary N) is 1. The molecule has 66 valence electrons. The molecule has 0 saturated carbocycles. The molecule has 1 aromatic rings. The van der Waals surface area contributed by atoms with Gasteiger partial charge in [-0.15, -0.1) is 0 Å². The summed E-state index contributed by atoms with van der Waals surface area (Å²) in [4.78, 5) is 0. The van der Waals surface area contributed by atoms with E-state index in [-0.39, 0.29) is 0 Å². The molecule has 0 aliphatic carbocycles. The van der Waals surface area contributed by atoms with Crippen LogP contribution in [0.1, 0.15) is 12.5 Å². The van der Waals surface area contributed by atoms with E-state index in [0.717, 1.165) is 0 Å². The number of allylic oxidation sites excluding steroid dienone is 4. The molecule has 1 heteroatoms. The van der Waals surface area contributed by atoms with Crippen molar-refractivity contribution in [3.05, 3.63) is 54.1 Å². The smallest absolute Gasteiger partial charge is 0.0177 e. The van der Waals surface area contributed by atoms with E-state index in [1.54, 1.807) is 6.08 Å². The van der Waals surface area contributed by atoms with Gasteiger partial charge in [-0.25, -0.2) is 0 Å². The molecule has 13 heavy (non-hydrogen) atoms. The van der Waals surface area contributed by atoms with Crippen molar-refractivity contribution >= 4 is 11.8 Å². The first-order chi connectivity index (χ1) is 6.34. The Bertz CT molecular complexity index is 320. The van der Waals surface area contributed by atoms with Crippen LogP contribution in [0.15, 0.2) is 48.6 Å². The van der Waals surface area contributed by atoms with Crippen LogP contribution < -0.4 is 0 Å². The molecule has 1 N–H and O–H groups in total. The quantitative estimate of drug-likeness (QED) is 0.533. The third-order valence-electron chi connectivity index (χ3n) is 1.78. The van der Waals surface area contributed by atoms with Crippen molar-refractivity contribution in [3.63, 3.8) is 0 Å². The van der Waals surface area contributed by atoms with Crippen LogP contribution in [-0.2, 0) is 0 Å². The predicted octanol–water partition coefficient (Wildman–Crippen LogP) is 3.30. The van der Waals surface area contributed by atoms with E-state index in [9.17, 15) is 0 Å². The van der Waals surface area contributed by atoms with Gasteiger partial charge >= 0.3 is 0 Å². The van der Waals surface area contributed by atoms with Crippen LogP contribution >= 0.6 is 0 Å². The Hall–Kier alpha value is -1.63. The maximum Gasteiger partial charge on any atom is 0.0177 e. The molecule has 0 unspecified atom stereocenters. The molecule has 0 fully saturated rings. The summed E-state index contributed by atoms with van der Waals surface area (Å²) in [5.41, 5.74) is 2.43. The van der Waals surface area contributed by atoms with Crippen LogP contribution in [-0.4, -0.2) is 6.21 Å². The summed E-state index contributed by atoms with van der Waals surface area (Å²) in [6, 6.07) is 10.2. The van der Waals surface area contributed by atoms with Crippen molar-refractivity contribution in [2.24, 2.45) is 0 Å². The molecule has 0 atom stereocenters. The normalized spacial score (nSPS) is 11.9. The molecule has 0 saturated heterocycles. The minimum Gasteiger partial charge on any atom is -0.309 e. The van der Waals surface area contributed by atoms with E-state index in [2.05, 4.69) is 19.1 Å². The zero-order valence-corrected chi connectivity index (χ0v) is 7.70. The topological polar surface area (TPSA) is 23.9 Å². The van der Waals surface area contributed by atoms with E-state index >= 15 is 0 Å². The van der Waals surface area contributed by atoms with Gasteiger partial charge in [0.1, 0.15) is 0 Å². The standard InChI is InChI=1S/C12H13N/c1-11(7-5-6-10-13)12-8-3-2-4-9-12/h2-10,13H,1H3/b6-5-,11-7+,13-10?. The zero-order chi connectivity index (χ0) is 9.52. The first-order valence-corrected chi connectivity index (χ1v) is 4.24. The summed E-state index contributed by atoms with van der Waals surface area (Å²) >= 11 is 0. The van der Waals surface area contributed by atoms with Gasteiger partial charge in [-0.2, -0.15) is 0 Å². The molecule has 1 rings (SSSR count). The van der Waals surface area contributed by atoms with Crippen LogP contribution in [0.4, 0.5) is 0 Å². The highest BCUT2D eigenvalue weighted by molar-refractivity contribution is 5.70. The average Bonchev–Trinajstić information content (AvgIpc) is 2.19. The molecule has 0 bridgehead atoms. The fraction of sp³-hybridized carbons (Fsp3) is 0.0833. The van der Waals surface area contributed by atoms with Gasteiger partial charge in [-0.3, -0.25) is 0 Å². The molecule has 0 spiro atoms.